The van der Waals surface area contributed by atoms with Gasteiger partial charge in [-0.05, 0) is 15.3 Å². The molecule has 0 aliphatic heterocycles. The van der Waals surface area contributed by atoms with Gasteiger partial charge in [-0.3, -0.25) is 4.98 Å². The van der Waals surface area contributed by atoms with Gasteiger partial charge in [0.25, 0.3) is 0 Å². The summed E-state index contributed by atoms with van der Waals surface area (Å²) in [4.78, 5) is 8.52. The number of rotatable bonds is 1. The molecule has 0 aliphatic carbocycles. The predicted molar refractivity (Wildman–Crippen MR) is 62.5 cm³/mol. The van der Waals surface area contributed by atoms with Crippen molar-refractivity contribution in [2.24, 2.45) is 0 Å². The van der Waals surface area contributed by atoms with Crippen molar-refractivity contribution in [2.75, 3.05) is 0 Å². The maximum Gasteiger partial charge on any atom is 0.503 e. The second kappa shape index (κ2) is 3.36. The number of fused-ring (bicyclic) bond motifs is 2. The van der Waals surface area contributed by atoms with Gasteiger partial charge < -0.3 is 0 Å². The van der Waals surface area contributed by atoms with E-state index in [0.29, 0.717) is 0 Å². The minimum absolute atomic E-state index is 0.926. The summed E-state index contributed by atoms with van der Waals surface area (Å²) in [5.74, 6) is 0. The molecule has 0 atom stereocenters. The molecule has 86 valence electrons. The molecule has 0 aromatic carbocycles. The van der Waals surface area contributed by atoms with Crippen LogP contribution in [-0.2, 0) is 0 Å². The first-order chi connectivity index (χ1) is 8.93. The molecule has 6 heteroatoms. The number of H-pyrrole nitrogens is 1. The SMILES string of the molecule is c1c[n+](-n2cnc3ccncc32)c2cc[nH][n+]2c1. The van der Waals surface area contributed by atoms with Gasteiger partial charge in [-0.25, -0.2) is 4.98 Å². The van der Waals surface area contributed by atoms with Crippen molar-refractivity contribution in [3.8, 4) is 0 Å². The number of hydrogen-bond acceptors (Lipinski definition) is 2. The van der Waals surface area contributed by atoms with Gasteiger partial charge in [0.05, 0.1) is 24.0 Å². The van der Waals surface area contributed by atoms with Gasteiger partial charge >= 0.3 is 5.65 Å². The summed E-state index contributed by atoms with van der Waals surface area (Å²) in [5, 5.41) is 3.12. The predicted octanol–water partition coefficient (Wildman–Crippen LogP) is 0.0970. The van der Waals surface area contributed by atoms with Crippen LogP contribution in [0.3, 0.4) is 0 Å². The lowest BCUT2D eigenvalue weighted by Gasteiger charge is -1.94. The highest BCUT2D eigenvalue weighted by molar-refractivity contribution is 5.73. The molecule has 0 saturated carbocycles. The van der Waals surface area contributed by atoms with Crippen LogP contribution in [-0.4, -0.2) is 19.7 Å². The summed E-state index contributed by atoms with van der Waals surface area (Å²) in [7, 11) is 0. The van der Waals surface area contributed by atoms with E-state index in [1.54, 1.807) is 12.5 Å². The van der Waals surface area contributed by atoms with Crippen LogP contribution in [0.1, 0.15) is 0 Å². The van der Waals surface area contributed by atoms with Crippen molar-refractivity contribution in [3.63, 3.8) is 0 Å². The van der Waals surface area contributed by atoms with E-state index in [1.807, 2.05) is 56.9 Å². The monoisotopic (exact) mass is 238 g/mol. The molecule has 4 rings (SSSR count). The summed E-state index contributed by atoms with van der Waals surface area (Å²) < 4.78 is 5.90. The first kappa shape index (κ1) is 9.29. The van der Waals surface area contributed by atoms with Crippen LogP contribution in [0.2, 0.25) is 0 Å². The van der Waals surface area contributed by atoms with E-state index in [2.05, 4.69) is 15.1 Å². The average Bonchev–Trinajstić information content (AvgIpc) is 3.05. The topological polar surface area (TPSA) is 54.5 Å². The van der Waals surface area contributed by atoms with E-state index >= 15 is 0 Å². The van der Waals surface area contributed by atoms with Crippen LogP contribution in [0.5, 0.6) is 0 Å². The second-order valence-electron chi connectivity index (χ2n) is 3.98. The molecule has 4 aromatic rings. The van der Waals surface area contributed by atoms with Crippen LogP contribution in [0.4, 0.5) is 0 Å². The van der Waals surface area contributed by atoms with Crippen molar-refractivity contribution >= 4 is 16.7 Å². The number of nitrogens with zero attached hydrogens (tertiary/aromatic N) is 5. The summed E-state index contributed by atoms with van der Waals surface area (Å²) in [5.41, 5.74) is 2.91. The molecule has 4 heterocycles. The lowest BCUT2D eigenvalue weighted by atomic mass is 10.4. The molecule has 18 heavy (non-hydrogen) atoms. The fraction of sp³-hybridized carbons (Fsp3) is 0. The highest BCUT2D eigenvalue weighted by atomic mass is 15.5. The Balaban J connectivity index is 2.10. The standard InChI is InChI=1S/C12H9N6/c1-6-16-12(3-5-15-16)17(7-1)18-9-14-10-2-4-13-8-11(10)18/h1-9H/q+1/p+1. The lowest BCUT2D eigenvalue weighted by Crippen LogP contribution is -2.47. The molecule has 0 spiro atoms. The van der Waals surface area contributed by atoms with Crippen molar-refractivity contribution in [3.05, 3.63) is 55.5 Å². The molecule has 0 saturated heterocycles. The smallest absolute Gasteiger partial charge is 0.262 e. The van der Waals surface area contributed by atoms with Gasteiger partial charge in [0.2, 0.25) is 12.4 Å². The zero-order valence-electron chi connectivity index (χ0n) is 9.43. The Morgan fingerprint density at radius 1 is 1.22 bits per heavy atom. The summed E-state index contributed by atoms with van der Waals surface area (Å²) in [6.45, 7) is 0. The summed E-state index contributed by atoms with van der Waals surface area (Å²) in [6.07, 6.45) is 11.2. The van der Waals surface area contributed by atoms with Crippen LogP contribution in [0.15, 0.2) is 55.5 Å². The Bertz CT molecular complexity index is 844. The third kappa shape index (κ3) is 1.17. The van der Waals surface area contributed by atoms with Gasteiger partial charge in [-0.2, -0.15) is 5.10 Å². The van der Waals surface area contributed by atoms with Crippen molar-refractivity contribution in [1.29, 1.82) is 0 Å². The Morgan fingerprint density at radius 2 is 2.22 bits per heavy atom. The largest absolute Gasteiger partial charge is 0.503 e. The van der Waals surface area contributed by atoms with E-state index in [-0.39, 0.29) is 0 Å². The fourth-order valence-corrected chi connectivity index (χ4v) is 2.12. The average molecular weight is 238 g/mol. The highest BCUT2D eigenvalue weighted by Gasteiger charge is 2.20. The van der Waals surface area contributed by atoms with Crippen LogP contribution in [0, 0.1) is 0 Å². The van der Waals surface area contributed by atoms with E-state index in [4.69, 9.17) is 0 Å². The molecule has 6 nitrogen and oxygen atoms in total. The number of hydrogen-bond donors (Lipinski definition) is 1. The molecule has 0 fully saturated rings. The van der Waals surface area contributed by atoms with Gasteiger partial charge in [0, 0.05) is 6.20 Å². The number of imidazole rings is 1. The minimum Gasteiger partial charge on any atom is -0.262 e. The second-order valence-corrected chi connectivity index (χ2v) is 3.98. The Kier molecular flexibility index (Phi) is 1.74. The van der Waals surface area contributed by atoms with Crippen LogP contribution in [0.25, 0.3) is 16.7 Å². The number of nitrogens with one attached hydrogen (secondary N) is 1. The van der Waals surface area contributed by atoms with E-state index in [9.17, 15) is 0 Å². The fourth-order valence-electron chi connectivity index (χ4n) is 2.12. The third-order valence-corrected chi connectivity index (χ3v) is 2.95. The molecule has 1 N–H and O–H groups in total. The van der Waals surface area contributed by atoms with Crippen molar-refractivity contribution in [1.82, 2.24) is 19.7 Å². The van der Waals surface area contributed by atoms with E-state index in [1.165, 1.54) is 0 Å². The van der Waals surface area contributed by atoms with Crippen molar-refractivity contribution < 1.29 is 9.19 Å². The molecular formula is C12H10N6+2. The van der Waals surface area contributed by atoms with Gasteiger partial charge in [-0.1, -0.05) is 4.68 Å². The maximum atomic E-state index is 4.37. The molecule has 0 bridgehead atoms. The first-order valence-electron chi connectivity index (χ1n) is 5.61. The molecule has 4 aromatic heterocycles. The number of aromatic nitrogens is 6. The molecule has 0 amide bonds. The molecular weight excluding hydrogens is 228 g/mol. The van der Waals surface area contributed by atoms with Gasteiger partial charge in [0.1, 0.15) is 6.07 Å². The van der Waals surface area contributed by atoms with Crippen LogP contribution >= 0.6 is 0 Å². The normalized spacial score (nSPS) is 11.3. The van der Waals surface area contributed by atoms with Gasteiger partial charge in [0.15, 0.2) is 11.8 Å². The lowest BCUT2D eigenvalue weighted by molar-refractivity contribution is -0.765. The zero-order valence-corrected chi connectivity index (χ0v) is 9.43. The third-order valence-electron chi connectivity index (χ3n) is 2.95. The Hall–Kier alpha value is -2.76. The summed E-state index contributed by atoms with van der Waals surface area (Å²) in [6, 6.07) is 5.87. The van der Waals surface area contributed by atoms with Crippen LogP contribution < -0.4 is 9.19 Å². The van der Waals surface area contributed by atoms with Crippen molar-refractivity contribution in [2.45, 2.75) is 0 Å². The molecule has 0 radical (unpaired) electrons. The highest BCUT2D eigenvalue weighted by Crippen LogP contribution is 2.07. The zero-order chi connectivity index (χ0) is 11.9. The minimum atomic E-state index is 0.926. The molecule has 0 aliphatic rings. The maximum absolute atomic E-state index is 4.37. The number of pyridine rings is 1. The number of aromatic amines is 1. The quantitative estimate of drug-likeness (QED) is 0.478. The Labute approximate surface area is 102 Å². The molecule has 0 unspecified atom stereocenters. The van der Waals surface area contributed by atoms with E-state index < -0.39 is 0 Å². The Morgan fingerprint density at radius 3 is 3.22 bits per heavy atom. The van der Waals surface area contributed by atoms with E-state index in [0.717, 1.165) is 16.7 Å². The summed E-state index contributed by atoms with van der Waals surface area (Å²) >= 11 is 0. The van der Waals surface area contributed by atoms with Gasteiger partial charge in [-0.15, -0.1) is 0 Å². The first-order valence-corrected chi connectivity index (χ1v) is 5.61.